The Morgan fingerprint density at radius 1 is 1.53 bits per heavy atom. The van der Waals surface area contributed by atoms with Crippen LogP contribution in [0.15, 0.2) is 11.4 Å². The van der Waals surface area contributed by atoms with E-state index in [0.29, 0.717) is 51.4 Å². The molecule has 2 heterocycles. The molecule has 1 aliphatic heterocycles. The number of rotatable bonds is 5. The molecule has 1 N–H and O–H groups in total. The molecular weight excluding hydrogens is 262 g/mol. The van der Waals surface area contributed by atoms with Gasteiger partial charge in [0.2, 0.25) is 5.91 Å². The lowest BCUT2D eigenvalue weighted by molar-refractivity contribution is -0.135. The maximum absolute atomic E-state index is 11.8. The number of thiophene rings is 1. The predicted octanol–water partition coefficient (Wildman–Crippen LogP) is 0.958. The smallest absolute Gasteiger partial charge is 0.224 e. The van der Waals surface area contributed by atoms with Gasteiger partial charge in [0.25, 0.3) is 0 Å². The van der Waals surface area contributed by atoms with Gasteiger partial charge in [-0.15, -0.1) is 11.3 Å². The van der Waals surface area contributed by atoms with E-state index in [2.05, 4.69) is 11.4 Å². The van der Waals surface area contributed by atoms with Gasteiger partial charge in [-0.05, 0) is 6.07 Å². The third-order valence-corrected chi connectivity index (χ3v) is 3.90. The number of nitriles is 1. The maximum Gasteiger partial charge on any atom is 0.224 e. The van der Waals surface area contributed by atoms with Gasteiger partial charge in [0.15, 0.2) is 0 Å². The third-order valence-electron chi connectivity index (χ3n) is 2.96. The molecular formula is C13H17N3O2S. The largest absolute Gasteiger partial charge is 0.378 e. The zero-order valence-electron chi connectivity index (χ0n) is 10.7. The fraction of sp³-hybridized carbons (Fsp3) is 0.538. The van der Waals surface area contributed by atoms with Crippen molar-refractivity contribution in [1.82, 2.24) is 10.2 Å². The molecule has 0 spiro atoms. The molecule has 19 heavy (non-hydrogen) atoms. The highest BCUT2D eigenvalue weighted by molar-refractivity contribution is 7.10. The minimum atomic E-state index is 0.180. The topological polar surface area (TPSA) is 65.4 Å². The molecule has 0 bridgehead atoms. The van der Waals surface area contributed by atoms with E-state index in [1.54, 1.807) is 11.3 Å². The van der Waals surface area contributed by atoms with Crippen molar-refractivity contribution in [3.8, 4) is 6.07 Å². The first kappa shape index (κ1) is 14.0. The van der Waals surface area contributed by atoms with Gasteiger partial charge in [0.1, 0.15) is 6.07 Å². The Bertz CT molecular complexity index is 461. The van der Waals surface area contributed by atoms with Crippen molar-refractivity contribution in [2.75, 3.05) is 32.8 Å². The lowest BCUT2D eigenvalue weighted by Gasteiger charge is -2.26. The van der Waals surface area contributed by atoms with E-state index in [9.17, 15) is 4.79 Å². The van der Waals surface area contributed by atoms with Crippen LogP contribution in [0.1, 0.15) is 16.9 Å². The zero-order chi connectivity index (χ0) is 13.5. The van der Waals surface area contributed by atoms with E-state index < -0.39 is 0 Å². The molecule has 1 saturated heterocycles. The van der Waals surface area contributed by atoms with Gasteiger partial charge in [-0.1, -0.05) is 0 Å². The van der Waals surface area contributed by atoms with Crippen molar-refractivity contribution in [2.45, 2.75) is 13.0 Å². The molecule has 1 amide bonds. The molecule has 0 atom stereocenters. The second kappa shape index (κ2) is 7.24. The maximum atomic E-state index is 11.8. The van der Waals surface area contributed by atoms with Crippen LogP contribution in [-0.2, 0) is 16.1 Å². The van der Waals surface area contributed by atoms with Gasteiger partial charge >= 0.3 is 0 Å². The molecule has 1 aromatic rings. The Morgan fingerprint density at radius 3 is 3.00 bits per heavy atom. The number of ether oxygens (including phenoxy) is 1. The Morgan fingerprint density at radius 2 is 2.32 bits per heavy atom. The molecule has 0 aliphatic carbocycles. The number of nitrogens with one attached hydrogen (secondary N) is 1. The average molecular weight is 279 g/mol. The number of nitrogens with zero attached hydrogens (tertiary/aromatic N) is 2. The summed E-state index contributed by atoms with van der Waals surface area (Å²) in [6, 6.07) is 3.99. The fourth-order valence-electron chi connectivity index (χ4n) is 1.91. The quantitative estimate of drug-likeness (QED) is 0.815. The third kappa shape index (κ3) is 4.31. The van der Waals surface area contributed by atoms with Gasteiger partial charge in [-0.25, -0.2) is 0 Å². The molecule has 0 unspecified atom stereocenters. The Balaban J connectivity index is 1.63. The van der Waals surface area contributed by atoms with Crippen LogP contribution in [0.2, 0.25) is 0 Å². The summed E-state index contributed by atoms with van der Waals surface area (Å²) in [6.45, 7) is 4.07. The van der Waals surface area contributed by atoms with E-state index in [0.717, 1.165) is 4.88 Å². The summed E-state index contributed by atoms with van der Waals surface area (Å²) >= 11 is 1.56. The predicted molar refractivity (Wildman–Crippen MR) is 72.8 cm³/mol. The van der Waals surface area contributed by atoms with Crippen molar-refractivity contribution in [3.05, 3.63) is 21.9 Å². The van der Waals surface area contributed by atoms with Crippen LogP contribution in [0, 0.1) is 11.3 Å². The van der Waals surface area contributed by atoms with Crippen LogP contribution >= 0.6 is 11.3 Å². The Hall–Kier alpha value is -1.42. The molecule has 0 radical (unpaired) electrons. The first-order valence-corrected chi connectivity index (χ1v) is 7.21. The first-order valence-electron chi connectivity index (χ1n) is 6.33. The molecule has 5 nitrogen and oxygen atoms in total. The molecule has 6 heteroatoms. The zero-order valence-corrected chi connectivity index (χ0v) is 11.5. The van der Waals surface area contributed by atoms with Crippen LogP contribution in [0.25, 0.3) is 0 Å². The normalized spacial score (nSPS) is 15.2. The first-order chi connectivity index (χ1) is 9.29. The fourth-order valence-corrected chi connectivity index (χ4v) is 2.69. The average Bonchev–Trinajstić information content (AvgIpc) is 2.92. The lowest BCUT2D eigenvalue weighted by atomic mass is 10.3. The molecule has 2 rings (SSSR count). The minimum absolute atomic E-state index is 0.180. The van der Waals surface area contributed by atoms with E-state index in [1.165, 1.54) is 0 Å². The minimum Gasteiger partial charge on any atom is -0.378 e. The highest BCUT2D eigenvalue weighted by Gasteiger charge is 2.15. The molecule has 0 saturated carbocycles. The molecule has 0 aromatic carbocycles. The summed E-state index contributed by atoms with van der Waals surface area (Å²) in [5.74, 6) is 0.180. The summed E-state index contributed by atoms with van der Waals surface area (Å²) in [5, 5.41) is 13.8. The molecule has 1 aromatic heterocycles. The van der Waals surface area contributed by atoms with E-state index in [4.69, 9.17) is 10.00 Å². The number of hydrogen-bond acceptors (Lipinski definition) is 5. The number of morpholine rings is 1. The van der Waals surface area contributed by atoms with Crippen LogP contribution in [0.5, 0.6) is 0 Å². The van der Waals surface area contributed by atoms with Crippen LogP contribution in [0.3, 0.4) is 0 Å². The summed E-state index contributed by atoms with van der Waals surface area (Å²) in [7, 11) is 0. The second-order valence-corrected chi connectivity index (χ2v) is 5.33. The molecule has 1 fully saturated rings. The summed E-state index contributed by atoms with van der Waals surface area (Å²) in [5.41, 5.74) is 0.700. The monoisotopic (exact) mass is 279 g/mol. The van der Waals surface area contributed by atoms with E-state index in [-0.39, 0.29) is 5.91 Å². The van der Waals surface area contributed by atoms with Crippen molar-refractivity contribution in [3.63, 3.8) is 0 Å². The van der Waals surface area contributed by atoms with Crippen molar-refractivity contribution in [2.24, 2.45) is 0 Å². The van der Waals surface area contributed by atoms with Gasteiger partial charge < -0.3 is 15.0 Å². The van der Waals surface area contributed by atoms with Crippen LogP contribution in [-0.4, -0.2) is 43.7 Å². The van der Waals surface area contributed by atoms with E-state index in [1.807, 2.05) is 16.3 Å². The SMILES string of the molecule is N#Cc1csc(CNCCC(=O)N2CCOCC2)c1. The van der Waals surface area contributed by atoms with Crippen molar-refractivity contribution in [1.29, 1.82) is 5.26 Å². The summed E-state index contributed by atoms with van der Waals surface area (Å²) < 4.78 is 5.21. The molecule has 1 aliphatic rings. The Labute approximate surface area is 116 Å². The highest BCUT2D eigenvalue weighted by Crippen LogP contribution is 2.13. The number of carbonyl (C=O) groups is 1. The summed E-state index contributed by atoms with van der Waals surface area (Å²) in [6.07, 6.45) is 0.510. The standard InChI is InChI=1S/C13H17N3O2S/c14-8-11-7-12(19-10-11)9-15-2-1-13(17)16-3-5-18-6-4-16/h7,10,15H,1-6,9H2. The van der Waals surface area contributed by atoms with Crippen LogP contribution in [0.4, 0.5) is 0 Å². The number of hydrogen-bond donors (Lipinski definition) is 1. The van der Waals surface area contributed by atoms with Crippen molar-refractivity contribution < 1.29 is 9.53 Å². The van der Waals surface area contributed by atoms with Crippen LogP contribution < -0.4 is 5.32 Å². The second-order valence-electron chi connectivity index (χ2n) is 4.33. The van der Waals surface area contributed by atoms with Gasteiger partial charge in [-0.3, -0.25) is 4.79 Å². The summed E-state index contributed by atoms with van der Waals surface area (Å²) in [4.78, 5) is 14.8. The van der Waals surface area contributed by atoms with E-state index >= 15 is 0 Å². The number of amides is 1. The molecule has 102 valence electrons. The van der Waals surface area contributed by atoms with Gasteiger partial charge in [-0.2, -0.15) is 5.26 Å². The van der Waals surface area contributed by atoms with Gasteiger partial charge in [0, 0.05) is 42.9 Å². The lowest BCUT2D eigenvalue weighted by Crippen LogP contribution is -2.41. The Kier molecular flexibility index (Phi) is 5.33. The van der Waals surface area contributed by atoms with Gasteiger partial charge in [0.05, 0.1) is 18.8 Å². The highest BCUT2D eigenvalue weighted by atomic mass is 32.1. The van der Waals surface area contributed by atoms with Crippen molar-refractivity contribution >= 4 is 17.2 Å². The number of carbonyl (C=O) groups excluding carboxylic acids is 1.